The number of fused-ring (bicyclic) bond motifs is 1. The third-order valence-corrected chi connectivity index (χ3v) is 2.43. The van der Waals surface area contributed by atoms with E-state index in [4.69, 9.17) is 4.74 Å². The largest absolute Gasteiger partial charge is 0.421 e. The third kappa shape index (κ3) is 2.06. The maximum Gasteiger partial charge on any atom is 0.292 e. The molecule has 0 fully saturated rings. The van der Waals surface area contributed by atoms with E-state index in [2.05, 4.69) is 15.3 Å². The summed E-state index contributed by atoms with van der Waals surface area (Å²) in [7, 11) is 7.36. The number of H-pyrrole nitrogens is 1. The first kappa shape index (κ1) is 11.4. The Hall–Kier alpha value is -2.11. The van der Waals surface area contributed by atoms with Crippen molar-refractivity contribution in [3.8, 4) is 5.75 Å². The second-order valence-corrected chi connectivity index (χ2v) is 3.90. The van der Waals surface area contributed by atoms with Gasteiger partial charge in [-0.05, 0) is 12.1 Å². The molecule has 0 spiro atoms. The average molecular weight is 234 g/mol. The van der Waals surface area contributed by atoms with Gasteiger partial charge in [0, 0.05) is 26.2 Å². The summed E-state index contributed by atoms with van der Waals surface area (Å²) in [4.78, 5) is 5.88. The maximum atomic E-state index is 5.73. The van der Waals surface area contributed by atoms with Crippen LogP contribution in [0.2, 0.25) is 0 Å². The van der Waals surface area contributed by atoms with Gasteiger partial charge in [0.15, 0.2) is 5.75 Å². The number of amidine groups is 1. The molecule has 2 rings (SSSR count). The van der Waals surface area contributed by atoms with E-state index in [9.17, 15) is 0 Å². The van der Waals surface area contributed by atoms with Crippen molar-refractivity contribution in [3.05, 3.63) is 18.2 Å². The lowest BCUT2D eigenvalue weighted by Crippen LogP contribution is -2.30. The number of rotatable bonds is 1. The van der Waals surface area contributed by atoms with E-state index in [1.807, 2.05) is 48.9 Å². The van der Waals surface area contributed by atoms with E-state index >= 15 is 0 Å². The van der Waals surface area contributed by atoms with E-state index in [-0.39, 0.29) is 0 Å². The number of nitrogens with one attached hydrogen (secondary N) is 1. The van der Waals surface area contributed by atoms with Gasteiger partial charge in [-0.1, -0.05) is 11.3 Å². The zero-order valence-corrected chi connectivity index (χ0v) is 10.4. The summed E-state index contributed by atoms with van der Waals surface area (Å²) >= 11 is 0. The van der Waals surface area contributed by atoms with E-state index in [1.165, 1.54) is 0 Å². The molecule has 0 aliphatic carbocycles. The number of hydrogen-bond acceptors (Lipinski definition) is 3. The molecule has 0 atom stereocenters. The molecule has 0 unspecified atom stereocenters. The number of aromatic amines is 1. The van der Waals surface area contributed by atoms with Gasteiger partial charge in [-0.3, -0.25) is 0 Å². The number of aliphatic imine (C=N–C) groups is 1. The summed E-state index contributed by atoms with van der Waals surface area (Å²) in [6, 6.07) is 6.32. The molecule has 0 aliphatic heterocycles. The van der Waals surface area contributed by atoms with Crippen LogP contribution in [0.5, 0.6) is 5.75 Å². The molecule has 0 amide bonds. The van der Waals surface area contributed by atoms with Gasteiger partial charge in [-0.15, -0.1) is 0 Å². The molecule has 0 radical (unpaired) electrons. The van der Waals surface area contributed by atoms with E-state index in [0.29, 0.717) is 11.8 Å². The quantitative estimate of drug-likeness (QED) is 0.439. The molecule has 0 saturated heterocycles. The summed E-state index contributed by atoms with van der Waals surface area (Å²) in [6.07, 6.45) is 0. The van der Waals surface area contributed by atoms with Crippen LogP contribution < -0.4 is 9.42 Å². The van der Waals surface area contributed by atoms with E-state index < -0.39 is 0 Å². The first-order valence-electron chi connectivity index (χ1n) is 5.28. The Balaban J connectivity index is 2.43. The van der Waals surface area contributed by atoms with E-state index in [1.54, 1.807) is 7.05 Å². The summed E-state index contributed by atoms with van der Waals surface area (Å²) in [5.74, 6) is 0.689. The summed E-state index contributed by atoms with van der Waals surface area (Å²) in [5.41, 5.74) is 1.77. The van der Waals surface area contributed by atoms with Gasteiger partial charge >= 0.3 is 0 Å². The fourth-order valence-electron chi connectivity index (χ4n) is 1.59. The van der Waals surface area contributed by atoms with Crippen molar-refractivity contribution in [3.63, 3.8) is 0 Å². The highest BCUT2D eigenvalue weighted by Crippen LogP contribution is 2.20. The molecule has 6 heteroatoms. The number of hydrogen-bond donors (Lipinski definition) is 1. The second kappa shape index (κ2) is 4.40. The minimum Gasteiger partial charge on any atom is -0.421 e. The number of aromatic nitrogens is 3. The predicted molar refractivity (Wildman–Crippen MR) is 64.9 cm³/mol. The SMILES string of the molecule is CN=C(Oc1cccc2c1n[nH][n+]2C)N(C)C. The lowest BCUT2D eigenvalue weighted by atomic mass is 10.3. The first-order chi connectivity index (χ1) is 8.13. The Bertz CT molecular complexity index is 558. The van der Waals surface area contributed by atoms with E-state index in [0.717, 1.165) is 11.0 Å². The van der Waals surface area contributed by atoms with Crippen LogP contribution in [0.4, 0.5) is 0 Å². The van der Waals surface area contributed by atoms with Gasteiger partial charge in [0.05, 0.1) is 0 Å². The molecule has 90 valence electrons. The van der Waals surface area contributed by atoms with Crippen LogP contribution in [0, 0.1) is 0 Å². The molecule has 6 nitrogen and oxygen atoms in total. The van der Waals surface area contributed by atoms with Gasteiger partial charge in [-0.25, -0.2) is 4.99 Å². The van der Waals surface area contributed by atoms with Gasteiger partial charge < -0.3 is 9.64 Å². The molecule has 1 aromatic heterocycles. The van der Waals surface area contributed by atoms with Gasteiger partial charge in [0.25, 0.3) is 11.5 Å². The predicted octanol–water partition coefficient (Wildman–Crippen LogP) is 0.314. The van der Waals surface area contributed by atoms with Crippen molar-refractivity contribution in [1.29, 1.82) is 0 Å². The Labute approximate surface area is 99.5 Å². The average Bonchev–Trinajstić information content (AvgIpc) is 2.69. The fourth-order valence-corrected chi connectivity index (χ4v) is 1.59. The maximum absolute atomic E-state index is 5.73. The highest BCUT2D eigenvalue weighted by Gasteiger charge is 2.17. The second-order valence-electron chi connectivity index (χ2n) is 3.90. The molecule has 1 N–H and O–H groups in total. The lowest BCUT2D eigenvalue weighted by Gasteiger charge is -2.14. The van der Waals surface area contributed by atoms with Crippen LogP contribution in [0.3, 0.4) is 0 Å². The molecule has 0 saturated carbocycles. The molecule has 17 heavy (non-hydrogen) atoms. The van der Waals surface area contributed by atoms with Crippen LogP contribution >= 0.6 is 0 Å². The Morgan fingerprint density at radius 3 is 2.88 bits per heavy atom. The first-order valence-corrected chi connectivity index (χ1v) is 5.28. The smallest absolute Gasteiger partial charge is 0.292 e. The van der Waals surface area contributed by atoms with Crippen molar-refractivity contribution in [1.82, 2.24) is 15.2 Å². The number of aryl methyl sites for hydroxylation is 1. The number of para-hydroxylation sites is 1. The van der Waals surface area contributed by atoms with Crippen molar-refractivity contribution in [2.24, 2.45) is 12.0 Å². The van der Waals surface area contributed by atoms with Gasteiger partial charge in [0.2, 0.25) is 5.52 Å². The summed E-state index contributed by atoms with van der Waals surface area (Å²) in [5, 5.41) is 7.07. The Kier molecular flexibility index (Phi) is 2.95. The van der Waals surface area contributed by atoms with Crippen LogP contribution in [0.1, 0.15) is 0 Å². The third-order valence-electron chi connectivity index (χ3n) is 2.43. The number of ether oxygens (including phenoxy) is 1. The van der Waals surface area contributed by atoms with Crippen LogP contribution in [0.25, 0.3) is 11.0 Å². The zero-order chi connectivity index (χ0) is 12.4. The summed E-state index contributed by atoms with van der Waals surface area (Å²) in [6.45, 7) is 0. The summed E-state index contributed by atoms with van der Waals surface area (Å²) < 4.78 is 7.57. The topological polar surface area (TPSA) is 57.4 Å². The standard InChI is InChI=1S/C11H15N5O/c1-12-11(15(2)3)17-9-7-5-6-8-10(9)13-14-16(8)4/h5-7H,1-4H3/p+1. The van der Waals surface area contributed by atoms with Gasteiger partial charge in [0.1, 0.15) is 7.05 Å². The highest BCUT2D eigenvalue weighted by molar-refractivity contribution is 5.83. The fraction of sp³-hybridized carbons (Fsp3) is 0.364. The zero-order valence-electron chi connectivity index (χ0n) is 10.4. The Morgan fingerprint density at radius 2 is 2.24 bits per heavy atom. The van der Waals surface area contributed by atoms with Gasteiger partial charge in [-0.2, -0.15) is 4.68 Å². The number of benzene rings is 1. The molecular formula is C11H16N5O+. The molecule has 1 heterocycles. The van der Waals surface area contributed by atoms with Crippen molar-refractivity contribution in [2.75, 3.05) is 21.1 Å². The van der Waals surface area contributed by atoms with Crippen molar-refractivity contribution >= 4 is 17.1 Å². The lowest BCUT2D eigenvalue weighted by molar-refractivity contribution is -0.707. The molecular weight excluding hydrogens is 218 g/mol. The highest BCUT2D eigenvalue weighted by atomic mass is 16.5. The molecule has 1 aromatic carbocycles. The molecule has 0 aliphatic rings. The molecule has 2 aromatic rings. The molecule has 0 bridgehead atoms. The van der Waals surface area contributed by atoms with Crippen molar-refractivity contribution in [2.45, 2.75) is 0 Å². The number of nitrogens with zero attached hydrogens (tertiary/aromatic N) is 4. The van der Waals surface area contributed by atoms with Crippen LogP contribution in [-0.4, -0.2) is 42.4 Å². The normalized spacial score (nSPS) is 11.9. The van der Waals surface area contributed by atoms with Crippen LogP contribution in [0.15, 0.2) is 23.2 Å². The Morgan fingerprint density at radius 1 is 1.47 bits per heavy atom. The minimum absolute atomic E-state index is 0.545. The minimum atomic E-state index is 0.545. The monoisotopic (exact) mass is 234 g/mol. The van der Waals surface area contributed by atoms with Crippen LogP contribution in [-0.2, 0) is 7.05 Å². The van der Waals surface area contributed by atoms with Crippen molar-refractivity contribution < 1.29 is 9.42 Å².